The molecule has 2 fully saturated rings. The molecule has 2 aromatic carbocycles. The van der Waals surface area contributed by atoms with Gasteiger partial charge in [0, 0.05) is 6.04 Å². The monoisotopic (exact) mass is 574 g/mol. The molecule has 0 aromatic heterocycles. The lowest BCUT2D eigenvalue weighted by Crippen LogP contribution is -2.58. The Morgan fingerprint density at radius 2 is 1.79 bits per heavy atom. The van der Waals surface area contributed by atoms with Crippen LogP contribution >= 0.6 is 22.6 Å². The average molecular weight is 574 g/mol. The van der Waals surface area contributed by atoms with E-state index in [0.717, 1.165) is 41.2 Å². The fourth-order valence-electron chi connectivity index (χ4n) is 4.31. The Kier molecular flexibility index (Phi) is 7.87. The highest BCUT2D eigenvalue weighted by Gasteiger charge is 2.40. The number of hydrogen-bond acceptors (Lipinski definition) is 5. The summed E-state index contributed by atoms with van der Waals surface area (Å²) in [6.45, 7) is 2.70. The number of imide groups is 2. The van der Waals surface area contributed by atoms with Crippen LogP contribution in [0.1, 0.15) is 50.2 Å². The van der Waals surface area contributed by atoms with E-state index in [4.69, 9.17) is 9.47 Å². The topological polar surface area (TPSA) is 84.9 Å². The molecule has 4 amide bonds. The first-order valence-electron chi connectivity index (χ1n) is 11.5. The third kappa shape index (κ3) is 5.43. The Labute approximate surface area is 212 Å². The van der Waals surface area contributed by atoms with Crippen LogP contribution in [-0.4, -0.2) is 35.4 Å². The smallest absolute Gasteiger partial charge is 0.331 e. The number of benzene rings is 2. The van der Waals surface area contributed by atoms with Crippen LogP contribution in [0, 0.1) is 3.57 Å². The van der Waals surface area contributed by atoms with E-state index in [1.807, 2.05) is 43.3 Å². The highest BCUT2D eigenvalue weighted by molar-refractivity contribution is 14.1. The minimum absolute atomic E-state index is 0.0543. The second-order valence-electron chi connectivity index (χ2n) is 8.32. The molecule has 2 aliphatic rings. The van der Waals surface area contributed by atoms with Gasteiger partial charge in [0.1, 0.15) is 12.2 Å². The molecule has 8 heteroatoms. The van der Waals surface area contributed by atoms with Crippen molar-refractivity contribution in [1.29, 1.82) is 0 Å². The van der Waals surface area contributed by atoms with Gasteiger partial charge in [0.2, 0.25) is 0 Å². The van der Waals surface area contributed by atoms with Crippen molar-refractivity contribution in [1.82, 2.24) is 10.2 Å². The maximum absolute atomic E-state index is 13.2. The van der Waals surface area contributed by atoms with Crippen molar-refractivity contribution in [2.75, 3.05) is 6.61 Å². The second-order valence-corrected chi connectivity index (χ2v) is 9.48. The third-order valence-corrected chi connectivity index (χ3v) is 6.74. The standard InChI is InChI=1S/C26H27IN2O5/c1-2-33-22-15-18(14-21(27)23(22)34-16-17-9-5-3-6-10-17)13-20-24(30)28-26(32)29(25(20)31)19-11-7-4-8-12-19/h3,5-6,9-10,13-15,19H,2,4,7-8,11-12,16H2,1H3,(H,28,30,32). The van der Waals surface area contributed by atoms with E-state index in [0.29, 0.717) is 30.3 Å². The van der Waals surface area contributed by atoms with Gasteiger partial charge in [0.15, 0.2) is 11.5 Å². The number of urea groups is 1. The maximum Gasteiger partial charge on any atom is 0.331 e. The summed E-state index contributed by atoms with van der Waals surface area (Å²) in [7, 11) is 0. The molecular weight excluding hydrogens is 547 g/mol. The highest BCUT2D eigenvalue weighted by atomic mass is 127. The summed E-state index contributed by atoms with van der Waals surface area (Å²) in [5, 5.41) is 2.33. The molecule has 1 saturated heterocycles. The van der Waals surface area contributed by atoms with Gasteiger partial charge in [-0.25, -0.2) is 4.79 Å². The number of nitrogens with one attached hydrogen (secondary N) is 1. The van der Waals surface area contributed by atoms with Crippen LogP contribution in [0.25, 0.3) is 6.08 Å². The van der Waals surface area contributed by atoms with Gasteiger partial charge in [-0.1, -0.05) is 49.6 Å². The SMILES string of the molecule is CCOc1cc(C=C2C(=O)NC(=O)N(C3CCCCC3)C2=O)cc(I)c1OCc1ccccc1. The minimum Gasteiger partial charge on any atom is -0.490 e. The Morgan fingerprint density at radius 1 is 1.06 bits per heavy atom. The molecule has 34 heavy (non-hydrogen) atoms. The fraction of sp³-hybridized carbons (Fsp3) is 0.346. The number of carbonyl (C=O) groups excluding carboxylic acids is 3. The molecule has 1 heterocycles. The second kappa shape index (κ2) is 11.0. The van der Waals surface area contributed by atoms with Crippen molar-refractivity contribution in [3.05, 3.63) is 62.7 Å². The first-order chi connectivity index (χ1) is 16.5. The molecule has 1 aliphatic heterocycles. The zero-order valence-corrected chi connectivity index (χ0v) is 21.2. The predicted octanol–water partition coefficient (Wildman–Crippen LogP) is 5.06. The number of rotatable bonds is 7. The summed E-state index contributed by atoms with van der Waals surface area (Å²) >= 11 is 2.16. The van der Waals surface area contributed by atoms with Crippen molar-refractivity contribution in [2.24, 2.45) is 0 Å². The van der Waals surface area contributed by atoms with Crippen molar-refractivity contribution < 1.29 is 23.9 Å². The number of ether oxygens (including phenoxy) is 2. The zero-order valence-electron chi connectivity index (χ0n) is 19.0. The van der Waals surface area contributed by atoms with Gasteiger partial charge in [0.05, 0.1) is 10.2 Å². The molecular formula is C26H27IN2O5. The normalized spacial score (nSPS) is 18.2. The molecule has 1 saturated carbocycles. The van der Waals surface area contributed by atoms with Crippen LogP contribution in [0.4, 0.5) is 4.79 Å². The number of barbiturate groups is 1. The van der Waals surface area contributed by atoms with Gasteiger partial charge in [0.25, 0.3) is 11.8 Å². The van der Waals surface area contributed by atoms with Gasteiger partial charge in [-0.05, 0) is 71.7 Å². The number of nitrogens with zero attached hydrogens (tertiary/aromatic N) is 1. The minimum atomic E-state index is -0.681. The van der Waals surface area contributed by atoms with E-state index >= 15 is 0 Å². The first kappa shape index (κ1) is 24.3. The first-order valence-corrected chi connectivity index (χ1v) is 12.6. The van der Waals surface area contributed by atoms with Gasteiger partial charge in [-0.3, -0.25) is 19.8 Å². The highest BCUT2D eigenvalue weighted by Crippen LogP contribution is 2.36. The van der Waals surface area contributed by atoms with E-state index in [2.05, 4.69) is 27.9 Å². The van der Waals surface area contributed by atoms with Gasteiger partial charge < -0.3 is 9.47 Å². The summed E-state index contributed by atoms with van der Waals surface area (Å²) in [6.07, 6.45) is 6.08. The van der Waals surface area contributed by atoms with E-state index in [1.54, 1.807) is 6.07 Å². The molecule has 0 bridgehead atoms. The molecule has 178 valence electrons. The summed E-state index contributed by atoms with van der Waals surface area (Å²) in [5.41, 5.74) is 1.60. The molecule has 0 radical (unpaired) electrons. The van der Waals surface area contributed by atoms with Crippen LogP contribution in [0.5, 0.6) is 11.5 Å². The largest absolute Gasteiger partial charge is 0.490 e. The molecule has 0 spiro atoms. The Morgan fingerprint density at radius 3 is 2.50 bits per heavy atom. The van der Waals surface area contributed by atoms with Gasteiger partial charge in [-0.15, -0.1) is 0 Å². The molecule has 0 atom stereocenters. The van der Waals surface area contributed by atoms with Crippen LogP contribution in [0.3, 0.4) is 0 Å². The van der Waals surface area contributed by atoms with Crippen molar-refractivity contribution >= 4 is 46.5 Å². The van der Waals surface area contributed by atoms with E-state index in [1.165, 1.54) is 11.0 Å². The lowest BCUT2D eigenvalue weighted by molar-refractivity contribution is -0.132. The molecule has 1 aliphatic carbocycles. The van der Waals surface area contributed by atoms with Crippen molar-refractivity contribution in [3.8, 4) is 11.5 Å². The van der Waals surface area contributed by atoms with Crippen molar-refractivity contribution in [3.63, 3.8) is 0 Å². The zero-order chi connectivity index (χ0) is 24.1. The molecule has 1 N–H and O–H groups in total. The Bertz CT molecular complexity index is 1110. The average Bonchev–Trinajstić information content (AvgIpc) is 2.83. The van der Waals surface area contributed by atoms with Crippen molar-refractivity contribution in [2.45, 2.75) is 51.7 Å². The Balaban J connectivity index is 1.62. The van der Waals surface area contributed by atoms with E-state index in [-0.39, 0.29) is 11.6 Å². The molecule has 0 unspecified atom stereocenters. The summed E-state index contributed by atoms with van der Waals surface area (Å²) in [5.74, 6) is -0.0922. The van der Waals surface area contributed by atoms with E-state index < -0.39 is 17.8 Å². The van der Waals surface area contributed by atoms with Gasteiger partial charge in [-0.2, -0.15) is 0 Å². The quantitative estimate of drug-likeness (QED) is 0.284. The lowest BCUT2D eigenvalue weighted by atomic mass is 9.93. The summed E-state index contributed by atoms with van der Waals surface area (Å²) < 4.78 is 12.7. The van der Waals surface area contributed by atoms with Crippen LogP contribution in [0.15, 0.2) is 48.0 Å². The summed E-state index contributed by atoms with van der Waals surface area (Å²) in [6, 6.07) is 12.6. The molecule has 4 rings (SSSR count). The third-order valence-electron chi connectivity index (χ3n) is 5.94. The van der Waals surface area contributed by atoms with Crippen LogP contribution < -0.4 is 14.8 Å². The molecule has 7 nitrogen and oxygen atoms in total. The number of carbonyl (C=O) groups is 3. The number of halogens is 1. The van der Waals surface area contributed by atoms with Crippen LogP contribution in [0.2, 0.25) is 0 Å². The lowest BCUT2D eigenvalue weighted by Gasteiger charge is -2.35. The predicted molar refractivity (Wildman–Crippen MR) is 136 cm³/mol. The Hall–Kier alpha value is -2.88. The number of hydrogen-bond donors (Lipinski definition) is 1. The number of amides is 4. The maximum atomic E-state index is 13.2. The van der Waals surface area contributed by atoms with E-state index in [9.17, 15) is 14.4 Å². The summed E-state index contributed by atoms with van der Waals surface area (Å²) in [4.78, 5) is 39.4. The van der Waals surface area contributed by atoms with Gasteiger partial charge >= 0.3 is 6.03 Å². The molecule has 2 aromatic rings. The van der Waals surface area contributed by atoms with Crippen LogP contribution in [-0.2, 0) is 16.2 Å². The fourth-order valence-corrected chi connectivity index (χ4v) is 5.09.